The summed E-state index contributed by atoms with van der Waals surface area (Å²) in [5.74, 6) is -1.42. The summed E-state index contributed by atoms with van der Waals surface area (Å²) in [6, 6.07) is 0. The van der Waals surface area contributed by atoms with Gasteiger partial charge in [0, 0.05) is 0 Å². The highest BCUT2D eigenvalue weighted by atomic mass is 16.5. The average molecular weight is 238 g/mol. The molecular weight excluding hydrogens is 220 g/mol. The number of rotatable bonds is 4. The fourth-order valence-corrected chi connectivity index (χ4v) is 1.77. The maximum atomic E-state index is 11.9. The van der Waals surface area contributed by atoms with Crippen LogP contribution in [-0.4, -0.2) is 25.2 Å². The van der Waals surface area contributed by atoms with Gasteiger partial charge in [0.2, 0.25) is 0 Å². The van der Waals surface area contributed by atoms with Gasteiger partial charge in [0.1, 0.15) is 5.41 Å². The molecule has 2 unspecified atom stereocenters. The topological polar surface area (TPSA) is 52.6 Å². The Morgan fingerprint density at radius 1 is 1.18 bits per heavy atom. The van der Waals surface area contributed by atoms with Gasteiger partial charge in [-0.1, -0.05) is 24.3 Å². The van der Waals surface area contributed by atoms with Crippen molar-refractivity contribution >= 4 is 11.9 Å². The van der Waals surface area contributed by atoms with E-state index in [9.17, 15) is 9.59 Å². The van der Waals surface area contributed by atoms with Crippen LogP contribution in [0.4, 0.5) is 0 Å². The fourth-order valence-electron chi connectivity index (χ4n) is 1.77. The Morgan fingerprint density at radius 3 is 2.41 bits per heavy atom. The Morgan fingerprint density at radius 2 is 1.82 bits per heavy atom. The number of esters is 2. The molecule has 0 heterocycles. The van der Waals surface area contributed by atoms with Crippen molar-refractivity contribution in [1.82, 2.24) is 0 Å². The summed E-state index contributed by atoms with van der Waals surface area (Å²) in [5, 5.41) is 0. The van der Waals surface area contributed by atoms with Crippen molar-refractivity contribution < 1.29 is 19.1 Å². The highest BCUT2D eigenvalue weighted by Gasteiger charge is 2.45. The first-order valence-electron chi connectivity index (χ1n) is 5.76. The first-order valence-corrected chi connectivity index (χ1v) is 5.76. The Labute approximate surface area is 101 Å². The van der Waals surface area contributed by atoms with Gasteiger partial charge in [0.25, 0.3) is 0 Å². The molecule has 0 N–H and O–H groups in total. The van der Waals surface area contributed by atoms with Crippen LogP contribution < -0.4 is 0 Å². The standard InChI is InChI=1S/C13H18O4/c1-4-16-11(14)10-8-6-7-9-13(10,3)12(15)17-5-2/h6-10H,4-5H2,1-3H3. The van der Waals surface area contributed by atoms with Crippen LogP contribution in [0.2, 0.25) is 0 Å². The third kappa shape index (κ3) is 2.75. The fraction of sp³-hybridized carbons (Fsp3) is 0.538. The van der Waals surface area contributed by atoms with Crippen LogP contribution in [0.3, 0.4) is 0 Å². The van der Waals surface area contributed by atoms with Gasteiger partial charge < -0.3 is 9.47 Å². The maximum Gasteiger partial charge on any atom is 0.316 e. The maximum absolute atomic E-state index is 11.9. The first kappa shape index (κ1) is 13.5. The zero-order valence-corrected chi connectivity index (χ0v) is 10.4. The Kier molecular flexibility index (Phi) is 4.49. The summed E-state index contributed by atoms with van der Waals surface area (Å²) in [5.41, 5.74) is -0.975. The molecule has 17 heavy (non-hydrogen) atoms. The van der Waals surface area contributed by atoms with Crippen molar-refractivity contribution in [2.24, 2.45) is 11.3 Å². The smallest absolute Gasteiger partial charge is 0.316 e. The molecule has 0 aromatic carbocycles. The largest absolute Gasteiger partial charge is 0.466 e. The van der Waals surface area contributed by atoms with E-state index in [2.05, 4.69) is 0 Å². The number of hydrogen-bond acceptors (Lipinski definition) is 4. The molecule has 0 saturated carbocycles. The minimum absolute atomic E-state index is 0.293. The van der Waals surface area contributed by atoms with E-state index >= 15 is 0 Å². The molecule has 4 nitrogen and oxygen atoms in total. The zero-order valence-electron chi connectivity index (χ0n) is 10.4. The average Bonchev–Trinajstić information content (AvgIpc) is 2.30. The number of ether oxygens (including phenoxy) is 2. The van der Waals surface area contributed by atoms with Crippen LogP contribution in [-0.2, 0) is 19.1 Å². The third-order valence-electron chi connectivity index (χ3n) is 2.76. The van der Waals surface area contributed by atoms with Crippen molar-refractivity contribution in [1.29, 1.82) is 0 Å². The van der Waals surface area contributed by atoms with Gasteiger partial charge in [0.05, 0.1) is 19.1 Å². The molecule has 94 valence electrons. The van der Waals surface area contributed by atoms with Crippen LogP contribution >= 0.6 is 0 Å². The van der Waals surface area contributed by atoms with E-state index in [1.165, 1.54) is 0 Å². The molecule has 0 aromatic heterocycles. The molecular formula is C13H18O4. The highest BCUT2D eigenvalue weighted by molar-refractivity contribution is 5.88. The molecule has 0 amide bonds. The zero-order chi connectivity index (χ0) is 12.9. The lowest BCUT2D eigenvalue weighted by Gasteiger charge is -2.30. The van der Waals surface area contributed by atoms with E-state index in [1.54, 1.807) is 45.1 Å². The molecule has 1 aliphatic rings. The van der Waals surface area contributed by atoms with Crippen LogP contribution in [0, 0.1) is 11.3 Å². The van der Waals surface area contributed by atoms with Crippen LogP contribution in [0.5, 0.6) is 0 Å². The minimum Gasteiger partial charge on any atom is -0.466 e. The van der Waals surface area contributed by atoms with E-state index in [4.69, 9.17) is 9.47 Å². The minimum atomic E-state index is -0.975. The second kappa shape index (κ2) is 5.66. The van der Waals surface area contributed by atoms with Crippen LogP contribution in [0.25, 0.3) is 0 Å². The summed E-state index contributed by atoms with van der Waals surface area (Å²) in [6.45, 7) is 5.75. The molecule has 0 fully saturated rings. The van der Waals surface area contributed by atoms with Crippen molar-refractivity contribution in [2.75, 3.05) is 13.2 Å². The van der Waals surface area contributed by atoms with Crippen LogP contribution in [0.15, 0.2) is 24.3 Å². The molecule has 2 atom stereocenters. The van der Waals surface area contributed by atoms with E-state index in [-0.39, 0.29) is 0 Å². The number of carbonyl (C=O) groups is 2. The highest BCUT2D eigenvalue weighted by Crippen LogP contribution is 2.35. The molecule has 0 saturated heterocycles. The first-order chi connectivity index (χ1) is 8.06. The Balaban J connectivity index is 2.93. The summed E-state index contributed by atoms with van der Waals surface area (Å²) in [6.07, 6.45) is 6.84. The van der Waals surface area contributed by atoms with Gasteiger partial charge in [-0.2, -0.15) is 0 Å². The summed E-state index contributed by atoms with van der Waals surface area (Å²) < 4.78 is 9.98. The second-order valence-electron chi connectivity index (χ2n) is 3.98. The lowest BCUT2D eigenvalue weighted by atomic mass is 9.74. The molecule has 0 radical (unpaired) electrons. The molecule has 0 aliphatic heterocycles. The molecule has 0 bridgehead atoms. The Hall–Kier alpha value is -1.58. The summed E-state index contributed by atoms with van der Waals surface area (Å²) in [7, 11) is 0. The SMILES string of the molecule is CCOC(=O)C1C=CC=CC1(C)C(=O)OCC. The molecule has 0 aromatic rings. The van der Waals surface area contributed by atoms with Gasteiger partial charge in [-0.15, -0.1) is 0 Å². The predicted octanol–water partition coefficient (Wildman–Crippen LogP) is 1.86. The quantitative estimate of drug-likeness (QED) is 0.701. The van der Waals surface area contributed by atoms with Gasteiger partial charge in [-0.05, 0) is 20.8 Å². The number of allylic oxidation sites excluding steroid dienone is 2. The summed E-state index contributed by atoms with van der Waals surface area (Å²) >= 11 is 0. The monoisotopic (exact) mass is 238 g/mol. The normalized spacial score (nSPS) is 26.6. The molecule has 1 aliphatic carbocycles. The van der Waals surface area contributed by atoms with E-state index in [1.807, 2.05) is 0 Å². The lowest BCUT2D eigenvalue weighted by Crippen LogP contribution is -2.40. The third-order valence-corrected chi connectivity index (χ3v) is 2.76. The number of hydrogen-bond donors (Lipinski definition) is 0. The molecule has 0 spiro atoms. The summed E-state index contributed by atoms with van der Waals surface area (Å²) in [4.78, 5) is 23.7. The Bertz CT molecular complexity index is 356. The molecule has 4 heteroatoms. The van der Waals surface area contributed by atoms with Crippen molar-refractivity contribution in [3.63, 3.8) is 0 Å². The predicted molar refractivity (Wildman–Crippen MR) is 63.1 cm³/mol. The van der Waals surface area contributed by atoms with Crippen LogP contribution in [0.1, 0.15) is 20.8 Å². The van der Waals surface area contributed by atoms with E-state index < -0.39 is 23.3 Å². The van der Waals surface area contributed by atoms with Gasteiger partial charge in [0.15, 0.2) is 0 Å². The van der Waals surface area contributed by atoms with Crippen molar-refractivity contribution in [2.45, 2.75) is 20.8 Å². The van der Waals surface area contributed by atoms with Crippen molar-refractivity contribution in [3.05, 3.63) is 24.3 Å². The van der Waals surface area contributed by atoms with E-state index in [0.29, 0.717) is 13.2 Å². The molecule has 1 rings (SSSR count). The van der Waals surface area contributed by atoms with Gasteiger partial charge in [-0.25, -0.2) is 0 Å². The second-order valence-corrected chi connectivity index (χ2v) is 3.98. The van der Waals surface area contributed by atoms with Gasteiger partial charge >= 0.3 is 11.9 Å². The lowest BCUT2D eigenvalue weighted by molar-refractivity contribution is -0.162. The van der Waals surface area contributed by atoms with Gasteiger partial charge in [-0.3, -0.25) is 9.59 Å². The van der Waals surface area contributed by atoms with Crippen molar-refractivity contribution in [3.8, 4) is 0 Å². The number of carbonyl (C=O) groups excluding carboxylic acids is 2. The van der Waals surface area contributed by atoms with E-state index in [0.717, 1.165) is 0 Å².